The van der Waals surface area contributed by atoms with Crippen molar-refractivity contribution in [1.82, 2.24) is 19.5 Å². The third kappa shape index (κ3) is 2.57. The molecule has 1 N–H and O–H groups in total. The average molecular weight is 287 g/mol. The van der Waals surface area contributed by atoms with E-state index in [0.29, 0.717) is 12.3 Å². The van der Waals surface area contributed by atoms with Crippen LogP contribution in [0.4, 0.5) is 5.82 Å². The van der Waals surface area contributed by atoms with Crippen LogP contribution in [0.1, 0.15) is 38.3 Å². The topological polar surface area (TPSA) is 62.5 Å². The first-order chi connectivity index (χ1) is 10.1. The first-order valence-electron chi connectivity index (χ1n) is 7.40. The summed E-state index contributed by atoms with van der Waals surface area (Å²) in [7, 11) is 1.87. The Morgan fingerprint density at radius 3 is 2.95 bits per heavy atom. The lowest BCUT2D eigenvalue weighted by atomic mass is 10.1. The molecule has 112 valence electrons. The van der Waals surface area contributed by atoms with E-state index in [2.05, 4.69) is 29.2 Å². The minimum absolute atomic E-state index is 0.226. The van der Waals surface area contributed by atoms with Gasteiger partial charge in [0, 0.05) is 43.9 Å². The fraction of sp³-hybridized carbons (Fsp3) is 0.533. The van der Waals surface area contributed by atoms with E-state index < -0.39 is 0 Å². The van der Waals surface area contributed by atoms with Gasteiger partial charge in [0.1, 0.15) is 5.82 Å². The van der Waals surface area contributed by atoms with Crippen molar-refractivity contribution in [1.29, 1.82) is 0 Å². The maximum absolute atomic E-state index is 11.6. The molecular formula is C15H21N5O. The van der Waals surface area contributed by atoms with Crippen molar-refractivity contribution in [3.63, 3.8) is 0 Å². The normalized spacial score (nSPS) is 19.0. The van der Waals surface area contributed by atoms with Crippen LogP contribution in [0.3, 0.4) is 0 Å². The van der Waals surface area contributed by atoms with Crippen LogP contribution in [0, 0.1) is 0 Å². The lowest BCUT2D eigenvalue weighted by Crippen LogP contribution is -2.34. The molecule has 0 aromatic carbocycles. The van der Waals surface area contributed by atoms with Gasteiger partial charge in [0.25, 0.3) is 0 Å². The summed E-state index contributed by atoms with van der Waals surface area (Å²) in [6.07, 6.45) is 3.31. The number of amides is 1. The van der Waals surface area contributed by atoms with Crippen LogP contribution in [-0.4, -0.2) is 45.0 Å². The molecule has 2 aromatic rings. The average Bonchev–Trinajstić information content (AvgIpc) is 3.05. The van der Waals surface area contributed by atoms with E-state index in [1.54, 1.807) is 6.20 Å². The van der Waals surface area contributed by atoms with E-state index in [-0.39, 0.29) is 11.9 Å². The minimum Gasteiger partial charge on any atom is -0.368 e. The Kier molecular flexibility index (Phi) is 3.53. The van der Waals surface area contributed by atoms with Crippen molar-refractivity contribution < 1.29 is 4.79 Å². The molecule has 1 aliphatic heterocycles. The first-order valence-corrected chi connectivity index (χ1v) is 7.40. The smallest absolute Gasteiger partial charge is 0.222 e. The quantitative estimate of drug-likeness (QED) is 0.932. The van der Waals surface area contributed by atoms with E-state index in [9.17, 15) is 4.79 Å². The van der Waals surface area contributed by atoms with Gasteiger partial charge < -0.3 is 10.2 Å². The fourth-order valence-corrected chi connectivity index (χ4v) is 2.68. The number of carbonyl (C=O) groups is 1. The number of hydrogen-bond acceptors (Lipinski definition) is 4. The lowest BCUT2D eigenvalue weighted by Gasteiger charge is -2.21. The van der Waals surface area contributed by atoms with Gasteiger partial charge >= 0.3 is 0 Å². The molecule has 1 fully saturated rings. The number of nitrogens with one attached hydrogen (secondary N) is 1. The molecule has 0 unspecified atom stereocenters. The number of nitrogens with zero attached hydrogens (tertiary/aromatic N) is 4. The van der Waals surface area contributed by atoms with E-state index >= 15 is 0 Å². The third-order valence-electron chi connectivity index (χ3n) is 4.12. The number of likely N-dealkylation sites (N-methyl/N-ethyl adjacent to an activating group) is 1. The Hall–Kier alpha value is -2.11. The van der Waals surface area contributed by atoms with Crippen LogP contribution in [-0.2, 0) is 4.79 Å². The summed E-state index contributed by atoms with van der Waals surface area (Å²) in [5.74, 6) is 1.52. The molecule has 1 atom stereocenters. The fourth-order valence-electron chi connectivity index (χ4n) is 2.68. The molecule has 1 amide bonds. The van der Waals surface area contributed by atoms with Gasteiger partial charge in [-0.2, -0.15) is 9.61 Å². The zero-order valence-corrected chi connectivity index (χ0v) is 12.7. The number of likely N-dealkylation sites (tertiary alicyclic amines) is 1. The van der Waals surface area contributed by atoms with Crippen LogP contribution in [0.25, 0.3) is 5.65 Å². The van der Waals surface area contributed by atoms with E-state index in [4.69, 9.17) is 0 Å². The van der Waals surface area contributed by atoms with Crippen LogP contribution in [0.15, 0.2) is 18.3 Å². The standard InChI is InChI=1S/C15H21N5O/c1-10(2)12-8-14(20-13(18-12)6-7-17-20)16-9-11-4-5-15(21)19(11)3/h6-8,10-11,16H,4-5,9H2,1-3H3/t11-/m1/s1. The summed E-state index contributed by atoms with van der Waals surface area (Å²) in [5.41, 5.74) is 1.89. The molecule has 0 spiro atoms. The Morgan fingerprint density at radius 1 is 1.48 bits per heavy atom. The zero-order valence-electron chi connectivity index (χ0n) is 12.7. The molecular weight excluding hydrogens is 266 g/mol. The number of fused-ring (bicyclic) bond motifs is 1. The van der Waals surface area contributed by atoms with E-state index in [1.807, 2.05) is 28.6 Å². The molecule has 3 heterocycles. The number of rotatable bonds is 4. The lowest BCUT2D eigenvalue weighted by molar-refractivity contribution is -0.127. The first kappa shape index (κ1) is 13.9. The predicted molar refractivity (Wildman–Crippen MR) is 81.4 cm³/mol. The monoisotopic (exact) mass is 287 g/mol. The molecule has 0 aliphatic carbocycles. The van der Waals surface area contributed by atoms with Gasteiger partial charge in [0.2, 0.25) is 5.91 Å². The van der Waals surface area contributed by atoms with Gasteiger partial charge in [-0.3, -0.25) is 4.79 Å². The van der Waals surface area contributed by atoms with Crippen LogP contribution in [0.5, 0.6) is 0 Å². The molecule has 2 aromatic heterocycles. The maximum atomic E-state index is 11.6. The van der Waals surface area contributed by atoms with E-state index in [1.165, 1.54) is 0 Å². The molecule has 6 nitrogen and oxygen atoms in total. The highest BCUT2D eigenvalue weighted by Crippen LogP contribution is 2.20. The Bertz CT molecular complexity index is 663. The largest absolute Gasteiger partial charge is 0.368 e. The Labute approximate surface area is 124 Å². The summed E-state index contributed by atoms with van der Waals surface area (Å²) in [6, 6.07) is 4.20. The molecule has 3 rings (SSSR count). The minimum atomic E-state index is 0.226. The van der Waals surface area contributed by atoms with Crippen LogP contribution >= 0.6 is 0 Å². The van der Waals surface area contributed by atoms with Crippen molar-refractivity contribution in [2.24, 2.45) is 0 Å². The van der Waals surface area contributed by atoms with E-state index in [0.717, 1.165) is 30.1 Å². The number of anilines is 1. The van der Waals surface area contributed by atoms with Gasteiger partial charge in [0.15, 0.2) is 5.65 Å². The molecule has 0 radical (unpaired) electrons. The van der Waals surface area contributed by atoms with Gasteiger partial charge in [-0.1, -0.05) is 13.8 Å². The zero-order chi connectivity index (χ0) is 15.0. The second kappa shape index (κ2) is 5.35. The van der Waals surface area contributed by atoms with Crippen LogP contribution < -0.4 is 5.32 Å². The second-order valence-corrected chi connectivity index (χ2v) is 5.90. The second-order valence-electron chi connectivity index (χ2n) is 5.90. The maximum Gasteiger partial charge on any atom is 0.222 e. The van der Waals surface area contributed by atoms with Crippen molar-refractivity contribution in [3.8, 4) is 0 Å². The Morgan fingerprint density at radius 2 is 2.29 bits per heavy atom. The van der Waals surface area contributed by atoms with Gasteiger partial charge in [0.05, 0.1) is 6.20 Å². The van der Waals surface area contributed by atoms with Gasteiger partial charge in [-0.15, -0.1) is 0 Å². The highest BCUT2D eigenvalue weighted by atomic mass is 16.2. The molecule has 0 saturated carbocycles. The molecule has 21 heavy (non-hydrogen) atoms. The summed E-state index contributed by atoms with van der Waals surface area (Å²) < 4.78 is 1.81. The molecule has 1 aliphatic rings. The number of hydrogen-bond donors (Lipinski definition) is 1. The molecule has 1 saturated heterocycles. The summed E-state index contributed by atoms with van der Waals surface area (Å²) >= 11 is 0. The van der Waals surface area contributed by atoms with Crippen LogP contribution in [0.2, 0.25) is 0 Å². The predicted octanol–water partition coefficient (Wildman–Crippen LogP) is 1.89. The van der Waals surface area contributed by atoms with Gasteiger partial charge in [-0.05, 0) is 12.3 Å². The van der Waals surface area contributed by atoms with Gasteiger partial charge in [-0.25, -0.2) is 4.98 Å². The molecule has 6 heteroatoms. The molecule has 0 bridgehead atoms. The number of aromatic nitrogens is 3. The SMILES string of the molecule is CC(C)c1cc(NC[C@H]2CCC(=O)N2C)n2nccc2n1. The summed E-state index contributed by atoms with van der Waals surface area (Å²) in [6.45, 7) is 4.99. The Balaban J connectivity index is 1.82. The third-order valence-corrected chi connectivity index (χ3v) is 4.12. The van der Waals surface area contributed by atoms with Crippen molar-refractivity contribution >= 4 is 17.4 Å². The van der Waals surface area contributed by atoms with Crippen molar-refractivity contribution in [2.75, 3.05) is 18.9 Å². The number of carbonyl (C=O) groups excluding carboxylic acids is 1. The highest BCUT2D eigenvalue weighted by molar-refractivity contribution is 5.78. The summed E-state index contributed by atoms with van der Waals surface area (Å²) in [4.78, 5) is 18.0. The summed E-state index contributed by atoms with van der Waals surface area (Å²) in [5, 5.41) is 7.74. The highest BCUT2D eigenvalue weighted by Gasteiger charge is 2.27. The van der Waals surface area contributed by atoms with Crippen molar-refractivity contribution in [2.45, 2.75) is 38.6 Å². The van der Waals surface area contributed by atoms with Crippen molar-refractivity contribution in [3.05, 3.63) is 24.0 Å².